The highest BCUT2D eigenvalue weighted by Crippen LogP contribution is 2.27. The smallest absolute Gasteiger partial charge is 0.277 e. The number of ether oxygens (including phenoxy) is 2. The topological polar surface area (TPSA) is 83.7 Å². The van der Waals surface area contributed by atoms with E-state index in [0.29, 0.717) is 22.8 Å². The predicted octanol–water partition coefficient (Wildman–Crippen LogP) is 3.51. The van der Waals surface area contributed by atoms with Crippen molar-refractivity contribution in [1.29, 1.82) is 5.26 Å². The van der Waals surface area contributed by atoms with E-state index in [1.54, 1.807) is 18.2 Å². The van der Waals surface area contributed by atoms with Crippen molar-refractivity contribution in [2.45, 2.75) is 0 Å². The van der Waals surface area contributed by atoms with E-state index in [1.165, 1.54) is 7.11 Å². The maximum absolute atomic E-state index is 12.3. The fourth-order valence-corrected chi connectivity index (χ4v) is 2.64. The number of nitrogens with zero attached hydrogens (tertiary/aromatic N) is 2. The summed E-state index contributed by atoms with van der Waals surface area (Å²) in [4.78, 5) is 12.3. The Bertz CT molecular complexity index is 1000. The van der Waals surface area contributed by atoms with Crippen molar-refractivity contribution in [2.75, 3.05) is 13.7 Å². The highest BCUT2D eigenvalue weighted by atomic mass is 16.5. The molecule has 1 N–H and O–H groups in total. The summed E-state index contributed by atoms with van der Waals surface area (Å²) < 4.78 is 10.7. The monoisotopic (exact) mass is 385 g/mol. The quantitative estimate of drug-likeness (QED) is 0.498. The zero-order chi connectivity index (χ0) is 20.5. The van der Waals surface area contributed by atoms with E-state index in [2.05, 4.69) is 10.5 Å². The zero-order valence-corrected chi connectivity index (χ0v) is 15.8. The van der Waals surface area contributed by atoms with Crippen LogP contribution in [0.25, 0.3) is 0 Å². The van der Waals surface area contributed by atoms with Crippen molar-refractivity contribution in [3.63, 3.8) is 0 Å². The van der Waals surface area contributed by atoms with Gasteiger partial charge in [-0.05, 0) is 12.1 Å². The van der Waals surface area contributed by atoms with Gasteiger partial charge in [-0.25, -0.2) is 5.43 Å². The second kappa shape index (κ2) is 9.72. The summed E-state index contributed by atoms with van der Waals surface area (Å²) in [6.07, 6.45) is 0. The number of benzene rings is 3. The van der Waals surface area contributed by atoms with Gasteiger partial charge in [-0.1, -0.05) is 60.7 Å². The van der Waals surface area contributed by atoms with Crippen LogP contribution in [0.5, 0.6) is 11.5 Å². The largest absolute Gasteiger partial charge is 0.493 e. The molecule has 0 aromatic heterocycles. The first-order valence-corrected chi connectivity index (χ1v) is 8.89. The van der Waals surface area contributed by atoms with Gasteiger partial charge in [0.2, 0.25) is 0 Å². The molecule has 6 nitrogen and oxygen atoms in total. The van der Waals surface area contributed by atoms with Crippen molar-refractivity contribution < 1.29 is 14.3 Å². The van der Waals surface area contributed by atoms with Gasteiger partial charge in [0, 0.05) is 17.2 Å². The van der Waals surface area contributed by atoms with Crippen LogP contribution in [-0.4, -0.2) is 25.3 Å². The van der Waals surface area contributed by atoms with E-state index in [-0.39, 0.29) is 6.61 Å². The summed E-state index contributed by atoms with van der Waals surface area (Å²) >= 11 is 0. The average Bonchev–Trinajstić information content (AvgIpc) is 2.79. The number of methoxy groups -OCH3 is 1. The normalized spacial score (nSPS) is 9.79. The van der Waals surface area contributed by atoms with E-state index in [9.17, 15) is 4.79 Å². The second-order valence-corrected chi connectivity index (χ2v) is 5.99. The molecule has 0 atom stereocenters. The minimum atomic E-state index is -0.416. The highest BCUT2D eigenvalue weighted by molar-refractivity contribution is 6.13. The first-order chi connectivity index (χ1) is 14.2. The molecule has 144 valence electrons. The highest BCUT2D eigenvalue weighted by Gasteiger charge is 2.10. The van der Waals surface area contributed by atoms with Crippen molar-refractivity contribution in [2.24, 2.45) is 5.10 Å². The summed E-state index contributed by atoms with van der Waals surface area (Å²) in [5, 5.41) is 13.3. The molecule has 0 aliphatic carbocycles. The van der Waals surface area contributed by atoms with Crippen LogP contribution in [0.1, 0.15) is 16.7 Å². The van der Waals surface area contributed by atoms with Gasteiger partial charge in [-0.2, -0.15) is 10.4 Å². The van der Waals surface area contributed by atoms with Crippen molar-refractivity contribution in [3.8, 4) is 17.6 Å². The molecule has 0 saturated carbocycles. The van der Waals surface area contributed by atoms with Crippen LogP contribution in [0.15, 0.2) is 84.0 Å². The van der Waals surface area contributed by atoms with E-state index in [1.807, 2.05) is 66.7 Å². The van der Waals surface area contributed by atoms with E-state index >= 15 is 0 Å². The summed E-state index contributed by atoms with van der Waals surface area (Å²) in [5.74, 6) is 0.340. The molecule has 6 heteroatoms. The molecule has 0 radical (unpaired) electrons. The number of amides is 1. The molecule has 0 saturated heterocycles. The fraction of sp³-hybridized carbons (Fsp3) is 0.0870. The lowest BCUT2D eigenvalue weighted by Gasteiger charge is -2.11. The number of carbonyl (C=O) groups excluding carboxylic acids is 1. The van der Waals surface area contributed by atoms with Gasteiger partial charge in [-0.3, -0.25) is 4.79 Å². The molecule has 0 bridgehead atoms. The lowest BCUT2D eigenvalue weighted by Crippen LogP contribution is -2.26. The molecular weight excluding hydrogens is 366 g/mol. The number of hydrogen-bond acceptors (Lipinski definition) is 5. The molecule has 3 aromatic carbocycles. The van der Waals surface area contributed by atoms with Crippen LogP contribution in [0.3, 0.4) is 0 Å². The molecule has 0 aliphatic heterocycles. The van der Waals surface area contributed by atoms with Gasteiger partial charge >= 0.3 is 0 Å². The van der Waals surface area contributed by atoms with Gasteiger partial charge in [0.25, 0.3) is 5.91 Å². The van der Waals surface area contributed by atoms with Gasteiger partial charge < -0.3 is 9.47 Å². The molecule has 3 aromatic rings. The Hall–Kier alpha value is -4.11. The van der Waals surface area contributed by atoms with Crippen molar-refractivity contribution >= 4 is 11.6 Å². The SMILES string of the molecule is COc1cc(C#N)ccc1OCC(=O)NN=C(c1ccccc1)c1ccccc1. The van der Waals surface area contributed by atoms with Gasteiger partial charge in [0.1, 0.15) is 0 Å². The first kappa shape index (κ1) is 19.6. The molecule has 3 rings (SSSR count). The lowest BCUT2D eigenvalue weighted by molar-refractivity contribution is -0.123. The number of rotatable bonds is 7. The molecule has 1 amide bonds. The number of hydrazone groups is 1. The summed E-state index contributed by atoms with van der Waals surface area (Å²) in [6.45, 7) is -0.247. The molecule has 0 fully saturated rings. The average molecular weight is 385 g/mol. The Balaban J connectivity index is 1.72. The maximum atomic E-state index is 12.3. The number of nitrogens with one attached hydrogen (secondary N) is 1. The Morgan fingerprint density at radius 3 is 2.14 bits per heavy atom. The molecule has 0 spiro atoms. The Labute approximate surface area is 169 Å². The van der Waals surface area contributed by atoms with Crippen LogP contribution < -0.4 is 14.9 Å². The van der Waals surface area contributed by atoms with E-state index < -0.39 is 5.91 Å². The molecular formula is C23H19N3O3. The summed E-state index contributed by atoms with van der Waals surface area (Å²) in [6, 6.07) is 26.0. The number of carbonyl (C=O) groups is 1. The third-order valence-electron chi connectivity index (χ3n) is 4.04. The van der Waals surface area contributed by atoms with Crippen LogP contribution in [0.2, 0.25) is 0 Å². The number of nitriles is 1. The predicted molar refractivity (Wildman–Crippen MR) is 110 cm³/mol. The maximum Gasteiger partial charge on any atom is 0.277 e. The molecule has 0 unspecified atom stereocenters. The third-order valence-corrected chi connectivity index (χ3v) is 4.04. The standard InChI is InChI=1S/C23H19N3O3/c1-28-21-14-17(15-24)12-13-20(21)29-16-22(27)25-26-23(18-8-4-2-5-9-18)19-10-6-3-7-11-19/h2-14H,16H2,1H3,(H,25,27). The Kier molecular flexibility index (Phi) is 6.58. The lowest BCUT2D eigenvalue weighted by atomic mass is 10.0. The minimum Gasteiger partial charge on any atom is -0.493 e. The summed E-state index contributed by atoms with van der Waals surface area (Å²) in [7, 11) is 1.47. The second-order valence-electron chi connectivity index (χ2n) is 5.99. The summed E-state index contributed by atoms with van der Waals surface area (Å²) in [5.41, 5.74) is 5.40. The number of hydrogen-bond donors (Lipinski definition) is 1. The van der Waals surface area contributed by atoms with Crippen LogP contribution in [0.4, 0.5) is 0 Å². The van der Waals surface area contributed by atoms with Gasteiger partial charge in [0.05, 0.1) is 24.5 Å². The minimum absolute atomic E-state index is 0.247. The third kappa shape index (κ3) is 5.21. The van der Waals surface area contributed by atoms with E-state index in [4.69, 9.17) is 14.7 Å². The fourth-order valence-electron chi connectivity index (χ4n) is 2.64. The Morgan fingerprint density at radius 1 is 0.966 bits per heavy atom. The van der Waals surface area contributed by atoms with Gasteiger partial charge in [0.15, 0.2) is 18.1 Å². The van der Waals surface area contributed by atoms with Crippen LogP contribution >= 0.6 is 0 Å². The van der Waals surface area contributed by atoms with Crippen LogP contribution in [0, 0.1) is 11.3 Å². The van der Waals surface area contributed by atoms with E-state index in [0.717, 1.165) is 11.1 Å². The Morgan fingerprint density at radius 2 is 1.59 bits per heavy atom. The zero-order valence-electron chi connectivity index (χ0n) is 15.8. The van der Waals surface area contributed by atoms with Gasteiger partial charge in [-0.15, -0.1) is 0 Å². The van der Waals surface area contributed by atoms with Crippen molar-refractivity contribution in [3.05, 3.63) is 95.6 Å². The van der Waals surface area contributed by atoms with Crippen molar-refractivity contribution in [1.82, 2.24) is 5.43 Å². The molecule has 0 aliphatic rings. The first-order valence-electron chi connectivity index (χ1n) is 8.89. The molecule has 0 heterocycles. The molecule has 29 heavy (non-hydrogen) atoms. The van der Waals surface area contributed by atoms with Crippen LogP contribution in [-0.2, 0) is 4.79 Å².